The third-order valence-electron chi connectivity index (χ3n) is 4.16. The van der Waals surface area contributed by atoms with E-state index in [1.165, 1.54) is 6.42 Å². The van der Waals surface area contributed by atoms with Crippen molar-refractivity contribution in [2.75, 3.05) is 19.6 Å². The van der Waals surface area contributed by atoms with Crippen molar-refractivity contribution in [1.29, 1.82) is 0 Å². The number of hydrogen-bond acceptors (Lipinski definition) is 3. The van der Waals surface area contributed by atoms with Gasteiger partial charge in [0.1, 0.15) is 4.90 Å². The highest BCUT2D eigenvalue weighted by molar-refractivity contribution is 7.89. The first-order valence-electron chi connectivity index (χ1n) is 7.90. The molecule has 1 aliphatic rings. The zero-order valence-electron chi connectivity index (χ0n) is 13.2. The molecule has 0 spiro atoms. The molecule has 1 aliphatic heterocycles. The first-order chi connectivity index (χ1) is 10.4. The lowest BCUT2D eigenvalue weighted by atomic mass is 9.96. The minimum Gasteiger partial charge on any atom is -0.316 e. The molecule has 1 fully saturated rings. The van der Waals surface area contributed by atoms with Crippen LogP contribution in [0.5, 0.6) is 0 Å². The molecule has 0 aromatic heterocycles. The van der Waals surface area contributed by atoms with Gasteiger partial charge in [0, 0.05) is 6.54 Å². The average Bonchev–Trinajstić information content (AvgIpc) is 2.48. The number of sulfonamides is 1. The third kappa shape index (κ3) is 4.69. The van der Waals surface area contributed by atoms with Crippen LogP contribution >= 0.6 is 11.6 Å². The van der Waals surface area contributed by atoms with E-state index in [1.54, 1.807) is 12.1 Å². The van der Waals surface area contributed by atoms with Crippen LogP contribution in [0.2, 0.25) is 5.02 Å². The highest BCUT2D eigenvalue weighted by atomic mass is 35.5. The van der Waals surface area contributed by atoms with Crippen LogP contribution in [-0.4, -0.2) is 28.1 Å². The Morgan fingerprint density at radius 1 is 1.41 bits per heavy atom. The Kier molecular flexibility index (Phi) is 6.26. The van der Waals surface area contributed by atoms with Gasteiger partial charge in [0.25, 0.3) is 0 Å². The molecule has 1 aromatic carbocycles. The maximum atomic E-state index is 12.5. The average molecular weight is 345 g/mol. The molecule has 0 amide bonds. The van der Waals surface area contributed by atoms with Gasteiger partial charge in [0.2, 0.25) is 10.0 Å². The van der Waals surface area contributed by atoms with E-state index in [2.05, 4.69) is 10.0 Å². The Balaban J connectivity index is 2.01. The Labute approximate surface area is 138 Å². The van der Waals surface area contributed by atoms with E-state index in [-0.39, 0.29) is 15.8 Å². The van der Waals surface area contributed by atoms with Crippen LogP contribution < -0.4 is 10.0 Å². The van der Waals surface area contributed by atoms with Gasteiger partial charge in [-0.2, -0.15) is 0 Å². The molecule has 4 nitrogen and oxygen atoms in total. The molecule has 1 unspecified atom stereocenters. The summed E-state index contributed by atoms with van der Waals surface area (Å²) in [5, 5.41) is 3.62. The Morgan fingerprint density at radius 3 is 2.82 bits per heavy atom. The van der Waals surface area contributed by atoms with Gasteiger partial charge >= 0.3 is 0 Å². The van der Waals surface area contributed by atoms with Crippen molar-refractivity contribution in [3.05, 3.63) is 28.8 Å². The molecule has 2 rings (SSSR count). The van der Waals surface area contributed by atoms with Crippen LogP contribution in [0.1, 0.15) is 44.6 Å². The smallest absolute Gasteiger partial charge is 0.242 e. The molecule has 6 heteroatoms. The van der Waals surface area contributed by atoms with Gasteiger partial charge < -0.3 is 5.32 Å². The van der Waals surface area contributed by atoms with Crippen molar-refractivity contribution < 1.29 is 8.42 Å². The summed E-state index contributed by atoms with van der Waals surface area (Å²) in [6.45, 7) is 6.56. The van der Waals surface area contributed by atoms with Crippen LogP contribution in [-0.2, 0) is 10.0 Å². The molecule has 1 atom stereocenters. The van der Waals surface area contributed by atoms with Crippen molar-refractivity contribution in [3.63, 3.8) is 0 Å². The number of benzene rings is 1. The molecule has 1 heterocycles. The summed E-state index contributed by atoms with van der Waals surface area (Å²) in [7, 11) is -3.55. The normalized spacial score (nSPS) is 19.5. The van der Waals surface area contributed by atoms with E-state index in [0.29, 0.717) is 12.5 Å². The maximum absolute atomic E-state index is 12.5. The van der Waals surface area contributed by atoms with Crippen LogP contribution in [0, 0.1) is 5.92 Å². The fourth-order valence-electron chi connectivity index (χ4n) is 2.73. The van der Waals surface area contributed by atoms with Crippen molar-refractivity contribution in [2.24, 2.45) is 5.92 Å². The van der Waals surface area contributed by atoms with E-state index < -0.39 is 10.0 Å². The monoisotopic (exact) mass is 344 g/mol. The predicted molar refractivity (Wildman–Crippen MR) is 90.9 cm³/mol. The van der Waals surface area contributed by atoms with Gasteiger partial charge in [0.15, 0.2) is 0 Å². The molecule has 1 saturated heterocycles. The summed E-state index contributed by atoms with van der Waals surface area (Å²) in [4.78, 5) is 0.183. The molecule has 124 valence electrons. The summed E-state index contributed by atoms with van der Waals surface area (Å²) < 4.78 is 27.6. The number of rotatable bonds is 6. The highest BCUT2D eigenvalue weighted by Gasteiger charge is 2.20. The Morgan fingerprint density at radius 2 is 2.18 bits per heavy atom. The first-order valence-corrected chi connectivity index (χ1v) is 9.76. The zero-order chi connectivity index (χ0) is 16.2. The second-order valence-electron chi connectivity index (χ2n) is 6.24. The number of nitrogens with one attached hydrogen (secondary N) is 2. The van der Waals surface area contributed by atoms with E-state index in [9.17, 15) is 8.42 Å². The van der Waals surface area contributed by atoms with E-state index in [4.69, 9.17) is 11.6 Å². The van der Waals surface area contributed by atoms with Crippen LogP contribution in [0.3, 0.4) is 0 Å². The summed E-state index contributed by atoms with van der Waals surface area (Å²) in [5.41, 5.74) is 0.973. The van der Waals surface area contributed by atoms with Gasteiger partial charge in [-0.05, 0) is 61.9 Å². The predicted octanol–water partition coefficient (Wildman–Crippen LogP) is 3.13. The third-order valence-corrected chi connectivity index (χ3v) is 6.10. The second-order valence-corrected chi connectivity index (χ2v) is 8.39. The molecule has 1 aromatic rings. The molecular formula is C16H25ClN2O2S. The van der Waals surface area contributed by atoms with Gasteiger partial charge in [-0.25, -0.2) is 13.1 Å². The standard InChI is InChI=1S/C16H25ClN2O2S/c1-12(2)14-5-6-15(17)16(10-14)22(20,21)19-9-7-13-4-3-8-18-11-13/h5-6,10,12-13,18-19H,3-4,7-9,11H2,1-2H3. The van der Waals surface area contributed by atoms with Gasteiger partial charge in [-0.1, -0.05) is 31.5 Å². The van der Waals surface area contributed by atoms with Crippen LogP contribution in [0.25, 0.3) is 0 Å². The minimum atomic E-state index is -3.55. The summed E-state index contributed by atoms with van der Waals surface area (Å²) in [5.74, 6) is 0.813. The zero-order valence-corrected chi connectivity index (χ0v) is 14.8. The van der Waals surface area contributed by atoms with Crippen LogP contribution in [0.4, 0.5) is 0 Å². The van der Waals surface area contributed by atoms with Crippen molar-refractivity contribution in [1.82, 2.24) is 10.0 Å². The highest BCUT2D eigenvalue weighted by Crippen LogP contribution is 2.26. The summed E-state index contributed by atoms with van der Waals surface area (Å²) in [6.07, 6.45) is 3.19. The van der Waals surface area contributed by atoms with Crippen molar-refractivity contribution >= 4 is 21.6 Å². The number of hydrogen-bond donors (Lipinski definition) is 2. The fraction of sp³-hybridized carbons (Fsp3) is 0.625. The van der Waals surface area contributed by atoms with E-state index >= 15 is 0 Å². The quantitative estimate of drug-likeness (QED) is 0.833. The molecular weight excluding hydrogens is 320 g/mol. The second kappa shape index (κ2) is 7.77. The largest absolute Gasteiger partial charge is 0.316 e. The van der Waals surface area contributed by atoms with Crippen molar-refractivity contribution in [3.8, 4) is 0 Å². The Bertz CT molecular complexity index is 596. The van der Waals surface area contributed by atoms with Crippen LogP contribution in [0.15, 0.2) is 23.1 Å². The Hall–Kier alpha value is -0.620. The lowest BCUT2D eigenvalue weighted by molar-refractivity contribution is 0.358. The van der Waals surface area contributed by atoms with Gasteiger partial charge in [-0.3, -0.25) is 0 Å². The SMILES string of the molecule is CC(C)c1ccc(Cl)c(S(=O)(=O)NCCC2CCCNC2)c1. The first kappa shape index (κ1) is 17.7. The van der Waals surface area contributed by atoms with E-state index in [1.807, 2.05) is 19.9 Å². The molecule has 0 radical (unpaired) electrons. The van der Waals surface area contributed by atoms with E-state index in [0.717, 1.165) is 31.5 Å². The molecule has 0 aliphatic carbocycles. The molecule has 22 heavy (non-hydrogen) atoms. The fourth-order valence-corrected chi connectivity index (χ4v) is 4.31. The number of halogens is 1. The summed E-state index contributed by atoms with van der Waals surface area (Å²) >= 11 is 6.08. The molecule has 2 N–H and O–H groups in total. The lowest BCUT2D eigenvalue weighted by Gasteiger charge is -2.22. The molecule has 0 bridgehead atoms. The van der Waals surface area contributed by atoms with Gasteiger partial charge in [-0.15, -0.1) is 0 Å². The maximum Gasteiger partial charge on any atom is 0.242 e. The van der Waals surface area contributed by atoms with Gasteiger partial charge in [0.05, 0.1) is 5.02 Å². The topological polar surface area (TPSA) is 58.2 Å². The van der Waals surface area contributed by atoms with Crippen molar-refractivity contribution in [2.45, 2.75) is 43.9 Å². The minimum absolute atomic E-state index is 0.183. The summed E-state index contributed by atoms with van der Waals surface area (Å²) in [6, 6.07) is 5.22. The number of piperidine rings is 1. The molecule has 0 saturated carbocycles. The lowest BCUT2D eigenvalue weighted by Crippen LogP contribution is -2.33.